The van der Waals surface area contributed by atoms with Crippen molar-refractivity contribution in [3.63, 3.8) is 0 Å². The summed E-state index contributed by atoms with van der Waals surface area (Å²) in [4.78, 5) is 3.93. The molecular formula is C13H17BrN4O. The van der Waals surface area contributed by atoms with Gasteiger partial charge in [0.1, 0.15) is 18.4 Å². The van der Waals surface area contributed by atoms with E-state index in [1.807, 2.05) is 16.8 Å². The minimum absolute atomic E-state index is 0.301. The largest absolute Gasteiger partial charge is 0.496 e. The topological polar surface area (TPSA) is 52.0 Å². The maximum atomic E-state index is 5.37. The van der Waals surface area contributed by atoms with Gasteiger partial charge in [0.2, 0.25) is 0 Å². The van der Waals surface area contributed by atoms with Gasteiger partial charge in [0.25, 0.3) is 0 Å². The Hall–Kier alpha value is -1.40. The van der Waals surface area contributed by atoms with Crippen LogP contribution in [0.2, 0.25) is 0 Å². The van der Waals surface area contributed by atoms with Crippen molar-refractivity contribution in [2.45, 2.75) is 26.1 Å². The third-order valence-corrected chi connectivity index (χ3v) is 3.31. The van der Waals surface area contributed by atoms with Crippen molar-refractivity contribution >= 4 is 15.9 Å². The molecule has 0 saturated carbocycles. The molecule has 0 radical (unpaired) electrons. The first-order chi connectivity index (χ1) is 9.19. The summed E-state index contributed by atoms with van der Waals surface area (Å²) in [7, 11) is 1.68. The van der Waals surface area contributed by atoms with Gasteiger partial charge in [-0.05, 0) is 19.1 Å². The van der Waals surface area contributed by atoms with Crippen LogP contribution in [-0.2, 0) is 13.1 Å². The minimum Gasteiger partial charge on any atom is -0.496 e. The zero-order chi connectivity index (χ0) is 13.7. The van der Waals surface area contributed by atoms with Gasteiger partial charge in [0, 0.05) is 22.6 Å². The Bertz CT molecular complexity index is 515. The van der Waals surface area contributed by atoms with Gasteiger partial charge in [-0.1, -0.05) is 22.0 Å². The standard InChI is InChI=1S/C13H17BrN4O/c1-10(7-18-9-15-8-17-18)16-6-11-3-4-12(14)5-13(11)19-2/h3-5,8-10,16H,6-7H2,1-2H3/t10-/m1/s1. The van der Waals surface area contributed by atoms with Crippen LogP contribution in [0.15, 0.2) is 35.3 Å². The normalized spacial score (nSPS) is 12.4. The van der Waals surface area contributed by atoms with E-state index in [2.05, 4.69) is 44.3 Å². The fraction of sp³-hybridized carbons (Fsp3) is 0.385. The average Bonchev–Trinajstić information content (AvgIpc) is 2.90. The lowest BCUT2D eigenvalue weighted by atomic mass is 10.2. The monoisotopic (exact) mass is 324 g/mol. The molecule has 0 aliphatic carbocycles. The van der Waals surface area contributed by atoms with Crippen LogP contribution < -0.4 is 10.1 Å². The number of ether oxygens (including phenoxy) is 1. The maximum absolute atomic E-state index is 5.37. The van der Waals surface area contributed by atoms with Crippen molar-refractivity contribution in [1.82, 2.24) is 20.1 Å². The summed E-state index contributed by atoms with van der Waals surface area (Å²) in [5.74, 6) is 0.884. The molecule has 0 fully saturated rings. The van der Waals surface area contributed by atoms with Crippen molar-refractivity contribution in [2.75, 3.05) is 7.11 Å². The molecule has 0 saturated heterocycles. The Labute approximate surface area is 121 Å². The number of aromatic nitrogens is 3. The number of hydrogen-bond acceptors (Lipinski definition) is 4. The molecule has 1 aromatic heterocycles. The molecule has 102 valence electrons. The third-order valence-electron chi connectivity index (χ3n) is 2.82. The van der Waals surface area contributed by atoms with E-state index in [9.17, 15) is 0 Å². The highest BCUT2D eigenvalue weighted by Crippen LogP contribution is 2.23. The molecule has 1 aromatic carbocycles. The van der Waals surface area contributed by atoms with Crippen molar-refractivity contribution in [3.8, 4) is 5.75 Å². The van der Waals surface area contributed by atoms with Crippen LogP contribution in [-0.4, -0.2) is 27.9 Å². The van der Waals surface area contributed by atoms with E-state index >= 15 is 0 Å². The molecule has 5 nitrogen and oxygen atoms in total. The van der Waals surface area contributed by atoms with Crippen molar-refractivity contribution in [3.05, 3.63) is 40.9 Å². The summed E-state index contributed by atoms with van der Waals surface area (Å²) in [6, 6.07) is 6.34. The number of methoxy groups -OCH3 is 1. The molecule has 0 unspecified atom stereocenters. The summed E-state index contributed by atoms with van der Waals surface area (Å²) in [6.07, 6.45) is 3.27. The molecule has 2 rings (SSSR count). The van der Waals surface area contributed by atoms with Gasteiger partial charge in [0.15, 0.2) is 0 Å². The predicted octanol–water partition coefficient (Wildman–Crippen LogP) is 2.23. The van der Waals surface area contributed by atoms with E-state index in [-0.39, 0.29) is 0 Å². The first-order valence-corrected chi connectivity index (χ1v) is 6.86. The number of nitrogens with zero attached hydrogens (tertiary/aromatic N) is 3. The smallest absolute Gasteiger partial charge is 0.137 e. The third kappa shape index (κ3) is 4.04. The van der Waals surface area contributed by atoms with Crippen LogP contribution in [0.25, 0.3) is 0 Å². The lowest BCUT2D eigenvalue weighted by Crippen LogP contribution is -2.30. The quantitative estimate of drug-likeness (QED) is 0.885. The average molecular weight is 325 g/mol. The summed E-state index contributed by atoms with van der Waals surface area (Å²) in [6.45, 7) is 3.66. The number of rotatable bonds is 6. The molecule has 1 N–H and O–H groups in total. The number of nitrogens with one attached hydrogen (secondary N) is 1. The molecule has 1 atom stereocenters. The lowest BCUT2D eigenvalue weighted by molar-refractivity contribution is 0.400. The lowest BCUT2D eigenvalue weighted by Gasteiger charge is -2.15. The van der Waals surface area contributed by atoms with Gasteiger partial charge in [-0.3, -0.25) is 4.68 Å². The van der Waals surface area contributed by atoms with Crippen LogP contribution in [0.3, 0.4) is 0 Å². The van der Waals surface area contributed by atoms with Crippen LogP contribution in [0.4, 0.5) is 0 Å². The van der Waals surface area contributed by atoms with Crippen molar-refractivity contribution in [1.29, 1.82) is 0 Å². The minimum atomic E-state index is 0.301. The molecule has 19 heavy (non-hydrogen) atoms. The highest BCUT2D eigenvalue weighted by Gasteiger charge is 2.07. The Balaban J connectivity index is 1.91. The fourth-order valence-electron chi connectivity index (χ4n) is 1.82. The van der Waals surface area contributed by atoms with E-state index in [1.165, 1.54) is 0 Å². The first-order valence-electron chi connectivity index (χ1n) is 6.07. The Morgan fingerprint density at radius 2 is 2.32 bits per heavy atom. The molecule has 0 aliphatic heterocycles. The van der Waals surface area contributed by atoms with Gasteiger partial charge in [0.05, 0.1) is 13.7 Å². The van der Waals surface area contributed by atoms with Gasteiger partial charge in [-0.2, -0.15) is 5.10 Å². The van der Waals surface area contributed by atoms with E-state index in [0.717, 1.165) is 28.9 Å². The number of halogens is 1. The second kappa shape index (κ2) is 6.68. The van der Waals surface area contributed by atoms with Crippen LogP contribution in [0.1, 0.15) is 12.5 Å². The van der Waals surface area contributed by atoms with Gasteiger partial charge >= 0.3 is 0 Å². The van der Waals surface area contributed by atoms with Crippen molar-refractivity contribution in [2.24, 2.45) is 0 Å². The van der Waals surface area contributed by atoms with Crippen LogP contribution in [0.5, 0.6) is 5.75 Å². The number of hydrogen-bond donors (Lipinski definition) is 1. The molecule has 0 bridgehead atoms. The summed E-state index contributed by atoms with van der Waals surface area (Å²) in [5, 5.41) is 7.54. The van der Waals surface area contributed by atoms with Crippen molar-refractivity contribution < 1.29 is 4.74 Å². The summed E-state index contributed by atoms with van der Waals surface area (Å²) in [5.41, 5.74) is 1.14. The predicted molar refractivity (Wildman–Crippen MR) is 77.0 cm³/mol. The zero-order valence-electron chi connectivity index (χ0n) is 11.0. The van der Waals surface area contributed by atoms with E-state index in [1.54, 1.807) is 19.8 Å². The maximum Gasteiger partial charge on any atom is 0.137 e. The Morgan fingerprint density at radius 1 is 1.47 bits per heavy atom. The van der Waals surface area contributed by atoms with E-state index in [0.29, 0.717) is 6.04 Å². The fourth-order valence-corrected chi connectivity index (χ4v) is 2.16. The van der Waals surface area contributed by atoms with Crippen LogP contribution in [0, 0.1) is 0 Å². The number of benzene rings is 1. The summed E-state index contributed by atoms with van der Waals surface area (Å²) < 4.78 is 8.20. The second-order valence-electron chi connectivity index (χ2n) is 4.36. The van der Waals surface area contributed by atoms with E-state index < -0.39 is 0 Å². The molecule has 0 amide bonds. The second-order valence-corrected chi connectivity index (χ2v) is 5.27. The SMILES string of the molecule is COc1cc(Br)ccc1CN[C@H](C)Cn1cncn1. The molecule has 2 aromatic rings. The zero-order valence-corrected chi connectivity index (χ0v) is 12.6. The Kier molecular flexibility index (Phi) is 4.93. The van der Waals surface area contributed by atoms with Crippen LogP contribution >= 0.6 is 15.9 Å². The Morgan fingerprint density at radius 3 is 3.00 bits per heavy atom. The molecule has 6 heteroatoms. The highest BCUT2D eigenvalue weighted by atomic mass is 79.9. The molecule has 0 aliphatic rings. The molecule has 1 heterocycles. The molecular weight excluding hydrogens is 308 g/mol. The highest BCUT2D eigenvalue weighted by molar-refractivity contribution is 9.10. The summed E-state index contributed by atoms with van der Waals surface area (Å²) >= 11 is 3.44. The first kappa shape index (κ1) is 14.0. The van der Waals surface area contributed by atoms with Gasteiger partial charge < -0.3 is 10.1 Å². The van der Waals surface area contributed by atoms with Gasteiger partial charge in [-0.25, -0.2) is 4.98 Å². The molecule has 0 spiro atoms. The van der Waals surface area contributed by atoms with E-state index in [4.69, 9.17) is 4.74 Å². The van der Waals surface area contributed by atoms with Gasteiger partial charge in [-0.15, -0.1) is 0 Å².